The number of halogens is 5. The summed E-state index contributed by atoms with van der Waals surface area (Å²) in [4.78, 5) is 0. The molecule has 1 aliphatic carbocycles. The van der Waals surface area contributed by atoms with Crippen molar-refractivity contribution in [2.24, 2.45) is 11.8 Å². The van der Waals surface area contributed by atoms with Crippen molar-refractivity contribution in [1.29, 1.82) is 0 Å². The average molecular weight is 504 g/mol. The summed E-state index contributed by atoms with van der Waals surface area (Å²) >= 11 is 0. The highest BCUT2D eigenvalue weighted by Gasteiger charge is 2.34. The van der Waals surface area contributed by atoms with Crippen molar-refractivity contribution in [2.45, 2.75) is 38.3 Å². The maximum atomic E-state index is 14.1. The quantitative estimate of drug-likeness (QED) is 0.329. The molecule has 1 saturated heterocycles. The van der Waals surface area contributed by atoms with Crippen LogP contribution < -0.4 is 4.74 Å². The van der Waals surface area contributed by atoms with Gasteiger partial charge < -0.3 is 14.2 Å². The van der Waals surface area contributed by atoms with Gasteiger partial charge in [-0.1, -0.05) is 74.2 Å². The molecule has 5 rings (SSSR count). The molecule has 0 spiro atoms. The van der Waals surface area contributed by atoms with E-state index in [1.54, 1.807) is 24.3 Å². The number of alkyl halides is 3. The third kappa shape index (κ3) is 5.55. The van der Waals surface area contributed by atoms with Crippen molar-refractivity contribution < 1.29 is 36.2 Å². The predicted octanol–water partition coefficient (Wildman–Crippen LogP) is 8.05. The minimum atomic E-state index is -5.19. The second kappa shape index (κ2) is 10.2. The second-order valence-electron chi connectivity index (χ2n) is 9.32. The first-order valence-electron chi connectivity index (χ1n) is 12.0. The standard InChI is InChI=1S/C28H25F5O3/c29-24-13-22(14-25(30)26(24)36-28(31,32)33)20-7-5-18(6-8-20)19-9-11-21(12-10-19)27-34-15-23(16-35-27)17-3-1-2-4-17/h5-14,17,23,27H,1-4,15-16H2. The summed E-state index contributed by atoms with van der Waals surface area (Å²) < 4.78 is 80.7. The minimum absolute atomic E-state index is 0.101. The number of hydrogen-bond donors (Lipinski definition) is 0. The molecule has 0 bridgehead atoms. The van der Waals surface area contributed by atoms with Gasteiger partial charge in [-0.3, -0.25) is 0 Å². The van der Waals surface area contributed by atoms with Crippen LogP contribution in [0, 0.1) is 23.5 Å². The molecule has 2 fully saturated rings. The van der Waals surface area contributed by atoms with E-state index < -0.39 is 23.7 Å². The van der Waals surface area contributed by atoms with E-state index in [1.165, 1.54) is 25.7 Å². The van der Waals surface area contributed by atoms with E-state index in [0.717, 1.165) is 28.8 Å². The first kappa shape index (κ1) is 24.7. The Morgan fingerprint density at radius 3 is 1.64 bits per heavy atom. The van der Waals surface area contributed by atoms with Gasteiger partial charge in [0.2, 0.25) is 5.75 Å². The minimum Gasteiger partial charge on any atom is -0.399 e. The maximum absolute atomic E-state index is 14.1. The Morgan fingerprint density at radius 2 is 1.14 bits per heavy atom. The summed E-state index contributed by atoms with van der Waals surface area (Å²) in [5.41, 5.74) is 3.29. The number of hydrogen-bond acceptors (Lipinski definition) is 3. The molecule has 1 aliphatic heterocycles. The highest BCUT2D eigenvalue weighted by molar-refractivity contribution is 5.71. The van der Waals surface area contributed by atoms with Crippen molar-refractivity contribution in [3.05, 3.63) is 77.9 Å². The molecular weight excluding hydrogens is 479 g/mol. The molecule has 8 heteroatoms. The Hall–Kier alpha value is -2.97. The first-order chi connectivity index (χ1) is 17.3. The summed E-state index contributed by atoms with van der Waals surface area (Å²) in [6.45, 7) is 1.42. The SMILES string of the molecule is Fc1cc(-c2ccc(-c3ccc(C4OCC(C5CCCC5)CO4)cc3)cc2)cc(F)c1OC(F)(F)F. The Morgan fingerprint density at radius 1 is 0.667 bits per heavy atom. The molecule has 0 unspecified atom stereocenters. The van der Waals surface area contributed by atoms with Gasteiger partial charge in [-0.15, -0.1) is 13.2 Å². The summed E-state index contributed by atoms with van der Waals surface area (Å²) in [6.07, 6.45) is -0.455. The van der Waals surface area contributed by atoms with Gasteiger partial charge in [0.15, 0.2) is 17.9 Å². The Balaban J connectivity index is 1.25. The van der Waals surface area contributed by atoms with Crippen molar-refractivity contribution in [1.82, 2.24) is 0 Å². The monoisotopic (exact) mass is 504 g/mol. The normalized spacial score (nSPS) is 21.0. The number of benzene rings is 3. The van der Waals surface area contributed by atoms with E-state index in [0.29, 0.717) is 30.6 Å². The highest BCUT2D eigenvalue weighted by Crippen LogP contribution is 2.37. The number of ether oxygens (including phenoxy) is 3. The number of rotatable bonds is 5. The molecule has 3 nitrogen and oxygen atoms in total. The molecule has 36 heavy (non-hydrogen) atoms. The molecule has 0 atom stereocenters. The lowest BCUT2D eigenvalue weighted by Gasteiger charge is -2.32. The molecule has 2 aliphatic rings. The van der Waals surface area contributed by atoms with Crippen LogP contribution in [0.5, 0.6) is 5.75 Å². The molecule has 0 aromatic heterocycles. The highest BCUT2D eigenvalue weighted by atomic mass is 19.4. The summed E-state index contributed by atoms with van der Waals surface area (Å²) in [6, 6.07) is 16.3. The zero-order valence-corrected chi connectivity index (χ0v) is 19.4. The van der Waals surface area contributed by atoms with Gasteiger partial charge in [0.25, 0.3) is 0 Å². The van der Waals surface area contributed by atoms with Crippen LogP contribution in [0.1, 0.15) is 37.5 Å². The zero-order valence-electron chi connectivity index (χ0n) is 19.4. The van der Waals surface area contributed by atoms with Gasteiger partial charge >= 0.3 is 6.36 Å². The topological polar surface area (TPSA) is 27.7 Å². The summed E-state index contributed by atoms with van der Waals surface area (Å²) in [5, 5.41) is 0. The summed E-state index contributed by atoms with van der Waals surface area (Å²) in [5.74, 6) is -3.15. The fourth-order valence-corrected chi connectivity index (χ4v) is 5.04. The van der Waals surface area contributed by atoms with E-state index >= 15 is 0 Å². The van der Waals surface area contributed by atoms with Crippen LogP contribution in [0.3, 0.4) is 0 Å². The van der Waals surface area contributed by atoms with Crippen LogP contribution in [0.15, 0.2) is 60.7 Å². The third-order valence-electron chi connectivity index (χ3n) is 6.94. The molecule has 3 aromatic carbocycles. The van der Waals surface area contributed by atoms with Crippen LogP contribution in [0.25, 0.3) is 22.3 Å². The lowest BCUT2D eigenvalue weighted by atomic mass is 9.91. The Labute approximate surface area is 205 Å². The largest absolute Gasteiger partial charge is 0.573 e. The fourth-order valence-electron chi connectivity index (χ4n) is 5.04. The lowest BCUT2D eigenvalue weighted by molar-refractivity contribution is -0.276. The van der Waals surface area contributed by atoms with Crippen LogP contribution in [-0.2, 0) is 9.47 Å². The molecule has 190 valence electrons. The van der Waals surface area contributed by atoms with Crippen LogP contribution in [0.2, 0.25) is 0 Å². The molecular formula is C28H25F5O3. The Kier molecular flexibility index (Phi) is 6.99. The van der Waals surface area contributed by atoms with Crippen LogP contribution >= 0.6 is 0 Å². The third-order valence-corrected chi connectivity index (χ3v) is 6.94. The molecule has 0 amide bonds. The lowest BCUT2D eigenvalue weighted by Crippen LogP contribution is -2.31. The van der Waals surface area contributed by atoms with Gasteiger partial charge in [-0.25, -0.2) is 8.78 Å². The van der Waals surface area contributed by atoms with Crippen molar-refractivity contribution >= 4 is 0 Å². The zero-order chi connectivity index (χ0) is 25.3. The van der Waals surface area contributed by atoms with Crippen molar-refractivity contribution in [3.8, 4) is 28.0 Å². The Bertz CT molecular complexity index is 1150. The molecule has 0 N–H and O–H groups in total. The predicted molar refractivity (Wildman–Crippen MR) is 124 cm³/mol. The second-order valence-corrected chi connectivity index (χ2v) is 9.32. The van der Waals surface area contributed by atoms with Gasteiger partial charge in [0.05, 0.1) is 13.2 Å². The van der Waals surface area contributed by atoms with E-state index in [9.17, 15) is 22.0 Å². The molecule has 1 heterocycles. The molecule has 3 aromatic rings. The van der Waals surface area contributed by atoms with Gasteiger partial charge in [-0.2, -0.15) is 0 Å². The van der Waals surface area contributed by atoms with E-state index in [2.05, 4.69) is 4.74 Å². The smallest absolute Gasteiger partial charge is 0.399 e. The van der Waals surface area contributed by atoms with Gasteiger partial charge in [0.1, 0.15) is 0 Å². The molecule has 0 radical (unpaired) electrons. The van der Waals surface area contributed by atoms with Gasteiger partial charge in [-0.05, 0) is 40.3 Å². The van der Waals surface area contributed by atoms with Crippen molar-refractivity contribution in [2.75, 3.05) is 13.2 Å². The van der Waals surface area contributed by atoms with E-state index in [4.69, 9.17) is 9.47 Å². The molecule has 1 saturated carbocycles. The average Bonchev–Trinajstić information content (AvgIpc) is 3.41. The van der Waals surface area contributed by atoms with Crippen LogP contribution in [-0.4, -0.2) is 19.6 Å². The van der Waals surface area contributed by atoms with E-state index in [1.807, 2.05) is 24.3 Å². The maximum Gasteiger partial charge on any atom is 0.573 e. The summed E-state index contributed by atoms with van der Waals surface area (Å²) in [7, 11) is 0. The van der Waals surface area contributed by atoms with E-state index in [-0.39, 0.29) is 11.9 Å². The van der Waals surface area contributed by atoms with Gasteiger partial charge in [0, 0.05) is 11.5 Å². The first-order valence-corrected chi connectivity index (χ1v) is 12.0. The van der Waals surface area contributed by atoms with Crippen molar-refractivity contribution in [3.63, 3.8) is 0 Å². The van der Waals surface area contributed by atoms with Crippen LogP contribution in [0.4, 0.5) is 22.0 Å². The fraction of sp³-hybridized carbons (Fsp3) is 0.357.